The largest absolute Gasteiger partial charge is 0.473 e. The van der Waals surface area contributed by atoms with E-state index in [1.54, 1.807) is 21.0 Å². The Labute approximate surface area is 205 Å². The van der Waals surface area contributed by atoms with Gasteiger partial charge in [0.25, 0.3) is 5.19 Å². The van der Waals surface area contributed by atoms with E-state index in [1.807, 2.05) is 18.4 Å². The second kappa shape index (κ2) is 11.1. The number of carbonyl (C=O) groups excluding carboxylic acids is 2. The van der Waals surface area contributed by atoms with Crippen molar-refractivity contribution in [1.29, 1.82) is 0 Å². The van der Waals surface area contributed by atoms with E-state index in [4.69, 9.17) is 9.47 Å². The molecule has 0 unspecified atom stereocenters. The Morgan fingerprint density at radius 1 is 1.35 bits per heavy atom. The van der Waals surface area contributed by atoms with Gasteiger partial charge < -0.3 is 19.7 Å². The van der Waals surface area contributed by atoms with Crippen molar-refractivity contribution < 1.29 is 29.3 Å². The van der Waals surface area contributed by atoms with Gasteiger partial charge in [-0.1, -0.05) is 36.8 Å². The first-order valence-electron chi connectivity index (χ1n) is 12.0. The molecule has 6 atom stereocenters. The number of cyclic esters (lactones) is 1. The van der Waals surface area contributed by atoms with Gasteiger partial charge in [0, 0.05) is 17.7 Å². The summed E-state index contributed by atoms with van der Waals surface area (Å²) >= 11 is 1.39. The standard InChI is InChI=1S/C26H37NO6S/c1-15-7-6-8-18-13-26(4,24(31)17(3)23(18)30)21(28)12-22(29)33-20(10-9-15)16(2)11-19-14-34-25(27-19)32-5/h9,11,14,17-18,20-21,23,28,30H,6-8,10,12-13H2,1-5H3/b15-9-,16-11+/t17-,18-,20+,21+,23-,26-/m1/s1. The van der Waals surface area contributed by atoms with Crippen molar-refractivity contribution in [3.63, 3.8) is 0 Å². The highest BCUT2D eigenvalue weighted by Gasteiger charge is 2.51. The minimum Gasteiger partial charge on any atom is -0.473 e. The van der Waals surface area contributed by atoms with Crippen molar-refractivity contribution in [3.8, 4) is 5.19 Å². The summed E-state index contributed by atoms with van der Waals surface area (Å²) in [4.78, 5) is 30.3. The lowest BCUT2D eigenvalue weighted by Gasteiger charge is -2.45. The molecule has 2 heterocycles. The first-order chi connectivity index (χ1) is 16.0. The number of ketones is 1. The van der Waals surface area contributed by atoms with Gasteiger partial charge in [-0.25, -0.2) is 4.98 Å². The Morgan fingerprint density at radius 2 is 2.09 bits per heavy atom. The van der Waals surface area contributed by atoms with Crippen LogP contribution in [0.3, 0.4) is 0 Å². The van der Waals surface area contributed by atoms with Gasteiger partial charge in [-0.2, -0.15) is 0 Å². The van der Waals surface area contributed by atoms with E-state index in [0.717, 1.165) is 30.5 Å². The number of thiazole rings is 1. The fourth-order valence-electron chi connectivity index (χ4n) is 5.15. The highest BCUT2D eigenvalue weighted by atomic mass is 32.1. The third-order valence-corrected chi connectivity index (χ3v) is 8.23. The van der Waals surface area contributed by atoms with Crippen molar-refractivity contribution >= 4 is 29.2 Å². The highest BCUT2D eigenvalue weighted by molar-refractivity contribution is 7.11. The van der Waals surface area contributed by atoms with Gasteiger partial charge >= 0.3 is 5.97 Å². The zero-order chi connectivity index (χ0) is 25.0. The number of aliphatic hydroxyl groups excluding tert-OH is 2. The van der Waals surface area contributed by atoms with E-state index < -0.39 is 35.6 Å². The van der Waals surface area contributed by atoms with Gasteiger partial charge in [0.15, 0.2) is 0 Å². The van der Waals surface area contributed by atoms with Gasteiger partial charge in [-0.15, -0.1) is 0 Å². The quantitative estimate of drug-likeness (QED) is 0.479. The molecule has 1 aliphatic carbocycles. The second-order valence-corrected chi connectivity index (χ2v) is 10.9. The number of Topliss-reactive ketones (excluding diaryl/α,β-unsaturated/α-hetero) is 1. The second-order valence-electron chi connectivity index (χ2n) is 10.0. The van der Waals surface area contributed by atoms with Crippen molar-refractivity contribution in [2.45, 2.75) is 84.5 Å². The Bertz CT molecular complexity index is 953. The Hall–Kier alpha value is -2.03. The number of allylic oxidation sites excluding steroid dienone is 1. The molecular weight excluding hydrogens is 454 g/mol. The lowest BCUT2D eigenvalue weighted by molar-refractivity contribution is -0.161. The predicted molar refractivity (Wildman–Crippen MR) is 131 cm³/mol. The minimum absolute atomic E-state index is 0.0906. The molecule has 1 aromatic heterocycles. The van der Waals surface area contributed by atoms with E-state index in [9.17, 15) is 19.8 Å². The smallest absolute Gasteiger partial charge is 0.309 e. The Kier molecular flexibility index (Phi) is 8.71. The summed E-state index contributed by atoms with van der Waals surface area (Å²) in [5.74, 6) is -1.41. The molecule has 1 aliphatic heterocycles. The van der Waals surface area contributed by atoms with Crippen LogP contribution in [0.15, 0.2) is 22.6 Å². The van der Waals surface area contributed by atoms with Crippen LogP contribution in [0.2, 0.25) is 0 Å². The van der Waals surface area contributed by atoms with Gasteiger partial charge in [-0.3, -0.25) is 9.59 Å². The topological polar surface area (TPSA) is 106 Å². The molecule has 3 rings (SSSR count). The van der Waals surface area contributed by atoms with Gasteiger partial charge in [0.2, 0.25) is 0 Å². The molecule has 0 radical (unpaired) electrons. The van der Waals surface area contributed by atoms with E-state index in [-0.39, 0.29) is 18.1 Å². The molecule has 0 aromatic carbocycles. The number of aromatic nitrogens is 1. The lowest BCUT2D eigenvalue weighted by atomic mass is 9.60. The molecular formula is C26H37NO6S. The predicted octanol–water partition coefficient (Wildman–Crippen LogP) is 4.33. The third kappa shape index (κ3) is 5.96. The van der Waals surface area contributed by atoms with Crippen LogP contribution in [0.4, 0.5) is 0 Å². The zero-order valence-corrected chi connectivity index (χ0v) is 21.6. The fraction of sp³-hybridized carbons (Fsp3) is 0.654. The number of rotatable bonds is 3. The van der Waals surface area contributed by atoms with Crippen molar-refractivity contribution in [1.82, 2.24) is 4.98 Å². The molecule has 1 fully saturated rings. The first-order valence-corrected chi connectivity index (χ1v) is 12.9. The number of fused-ring (bicyclic) bond motifs is 2. The van der Waals surface area contributed by atoms with Crippen LogP contribution >= 0.6 is 11.3 Å². The Morgan fingerprint density at radius 3 is 2.76 bits per heavy atom. The van der Waals surface area contributed by atoms with Crippen LogP contribution in [0.25, 0.3) is 6.08 Å². The number of aliphatic hydroxyl groups is 2. The van der Waals surface area contributed by atoms with E-state index in [0.29, 0.717) is 18.0 Å². The molecule has 0 spiro atoms. The van der Waals surface area contributed by atoms with Crippen LogP contribution in [-0.4, -0.2) is 52.4 Å². The zero-order valence-electron chi connectivity index (χ0n) is 20.7. The maximum absolute atomic E-state index is 13.1. The van der Waals surface area contributed by atoms with Gasteiger partial charge in [0.1, 0.15) is 11.9 Å². The SMILES string of the molecule is COc1nc(/C=C(\C)[C@@H]2C/C=C(/C)CCC[C@@H]3C[C@@](C)(C(=O)[C@H](C)[C@H]3O)[C@@H](O)CC(=O)O2)cs1. The van der Waals surface area contributed by atoms with Crippen molar-refractivity contribution in [2.24, 2.45) is 17.3 Å². The van der Waals surface area contributed by atoms with E-state index >= 15 is 0 Å². The summed E-state index contributed by atoms with van der Waals surface area (Å²) in [5.41, 5.74) is 1.67. The molecule has 2 aliphatic rings. The van der Waals surface area contributed by atoms with Crippen LogP contribution in [0, 0.1) is 17.3 Å². The number of carbonyl (C=O) groups is 2. The number of methoxy groups -OCH3 is 1. The third-order valence-electron chi connectivity index (χ3n) is 7.41. The minimum atomic E-state index is -1.17. The maximum atomic E-state index is 13.1. The molecule has 0 amide bonds. The number of esters is 1. The molecule has 2 bridgehead atoms. The van der Waals surface area contributed by atoms with Gasteiger partial charge in [-0.05, 0) is 57.1 Å². The summed E-state index contributed by atoms with van der Waals surface area (Å²) in [6, 6.07) is 0. The molecule has 8 heteroatoms. The van der Waals surface area contributed by atoms with Crippen molar-refractivity contribution in [2.75, 3.05) is 7.11 Å². The van der Waals surface area contributed by atoms with Crippen LogP contribution in [-0.2, 0) is 14.3 Å². The normalized spacial score (nSPS) is 35.7. The molecule has 1 saturated carbocycles. The number of nitrogens with zero attached hydrogens (tertiary/aromatic N) is 1. The van der Waals surface area contributed by atoms with E-state index in [1.165, 1.54) is 16.9 Å². The number of hydrogen-bond acceptors (Lipinski definition) is 8. The highest BCUT2D eigenvalue weighted by Crippen LogP contribution is 2.44. The molecule has 188 valence electrons. The van der Waals surface area contributed by atoms with Crippen LogP contribution in [0.5, 0.6) is 5.19 Å². The summed E-state index contributed by atoms with van der Waals surface area (Å²) in [7, 11) is 1.57. The molecule has 7 nitrogen and oxygen atoms in total. The maximum Gasteiger partial charge on any atom is 0.309 e. The Balaban J connectivity index is 1.87. The summed E-state index contributed by atoms with van der Waals surface area (Å²) < 4.78 is 11.0. The van der Waals surface area contributed by atoms with Crippen LogP contribution in [0.1, 0.15) is 71.9 Å². The van der Waals surface area contributed by atoms with Crippen molar-refractivity contribution in [3.05, 3.63) is 28.3 Å². The number of ether oxygens (including phenoxy) is 2. The summed E-state index contributed by atoms with van der Waals surface area (Å²) in [6.07, 6.45) is 4.68. The fourth-order valence-corrected chi connectivity index (χ4v) is 5.74. The average Bonchev–Trinajstić information content (AvgIpc) is 3.25. The lowest BCUT2D eigenvalue weighted by Crippen LogP contribution is -2.54. The molecule has 0 saturated heterocycles. The summed E-state index contributed by atoms with van der Waals surface area (Å²) in [5, 5.41) is 24.1. The van der Waals surface area contributed by atoms with Gasteiger partial charge in [0.05, 0.1) is 36.8 Å². The first kappa shape index (κ1) is 26.6. The average molecular weight is 492 g/mol. The molecule has 1 aromatic rings. The monoisotopic (exact) mass is 491 g/mol. The van der Waals surface area contributed by atoms with E-state index in [2.05, 4.69) is 18.0 Å². The summed E-state index contributed by atoms with van der Waals surface area (Å²) in [6.45, 7) is 7.39. The van der Waals surface area contributed by atoms with Crippen LogP contribution < -0.4 is 4.74 Å². The number of hydrogen-bond donors (Lipinski definition) is 2. The molecule has 2 N–H and O–H groups in total. The molecule has 34 heavy (non-hydrogen) atoms.